The van der Waals surface area contributed by atoms with Gasteiger partial charge in [0.05, 0.1) is 19.8 Å². The molecule has 0 spiro atoms. The van der Waals surface area contributed by atoms with Gasteiger partial charge < -0.3 is 15.4 Å². The standard InChI is InChI=1S/C15H26N4O3S2.HI/c1-12(2)10-17-15(16-3)18-11-13-4-5-14(23-13)24(20,21)19-6-8-22-9-7-19;/h4-5,12H,6-11H2,1-3H3,(H2,16,17,18);1H. The molecule has 1 aliphatic rings. The van der Waals surface area contributed by atoms with Crippen LogP contribution in [0.4, 0.5) is 0 Å². The Balaban J connectivity index is 0.00000312. The number of nitrogens with zero attached hydrogens (tertiary/aromatic N) is 2. The maximum Gasteiger partial charge on any atom is 0.252 e. The van der Waals surface area contributed by atoms with Gasteiger partial charge in [-0.05, 0) is 18.1 Å². The van der Waals surface area contributed by atoms with Gasteiger partial charge in [-0.2, -0.15) is 4.31 Å². The largest absolute Gasteiger partial charge is 0.379 e. The molecule has 1 aliphatic heterocycles. The molecule has 1 aromatic heterocycles. The van der Waals surface area contributed by atoms with Crippen molar-refractivity contribution >= 4 is 51.3 Å². The topological polar surface area (TPSA) is 83.0 Å². The molecule has 25 heavy (non-hydrogen) atoms. The van der Waals surface area contributed by atoms with Crippen LogP contribution in [0, 0.1) is 5.92 Å². The molecule has 2 rings (SSSR count). The SMILES string of the molecule is CN=C(NCc1ccc(S(=O)(=O)N2CCOCC2)s1)NCC(C)C.I. The van der Waals surface area contributed by atoms with Gasteiger partial charge in [-0.25, -0.2) is 8.42 Å². The van der Waals surface area contributed by atoms with E-state index in [0.29, 0.717) is 43.0 Å². The van der Waals surface area contributed by atoms with E-state index in [2.05, 4.69) is 29.5 Å². The number of rotatable bonds is 6. The molecule has 1 saturated heterocycles. The molecular weight excluding hydrogens is 475 g/mol. The third-order valence-electron chi connectivity index (χ3n) is 3.53. The van der Waals surface area contributed by atoms with E-state index in [1.807, 2.05) is 6.07 Å². The van der Waals surface area contributed by atoms with Crippen LogP contribution < -0.4 is 10.6 Å². The number of halogens is 1. The molecule has 0 aromatic carbocycles. The second kappa shape index (κ2) is 10.7. The summed E-state index contributed by atoms with van der Waals surface area (Å²) >= 11 is 1.29. The lowest BCUT2D eigenvalue weighted by molar-refractivity contribution is 0.0731. The molecule has 2 N–H and O–H groups in total. The molecule has 0 aliphatic carbocycles. The predicted octanol–water partition coefficient (Wildman–Crippen LogP) is 1.71. The number of aliphatic imine (C=N–C) groups is 1. The summed E-state index contributed by atoms with van der Waals surface area (Å²) in [6, 6.07) is 3.53. The number of thiophene rings is 1. The van der Waals surface area contributed by atoms with Gasteiger partial charge in [-0.15, -0.1) is 35.3 Å². The molecular formula is C15H27IN4O3S2. The molecule has 144 valence electrons. The minimum atomic E-state index is -3.41. The van der Waals surface area contributed by atoms with E-state index in [1.54, 1.807) is 13.1 Å². The molecule has 10 heteroatoms. The molecule has 7 nitrogen and oxygen atoms in total. The van der Waals surface area contributed by atoms with Crippen LogP contribution in [0.5, 0.6) is 0 Å². The predicted molar refractivity (Wildman–Crippen MR) is 112 cm³/mol. The molecule has 1 fully saturated rings. The molecule has 0 saturated carbocycles. The van der Waals surface area contributed by atoms with Crippen molar-refractivity contribution in [1.82, 2.24) is 14.9 Å². The van der Waals surface area contributed by atoms with Gasteiger partial charge in [0.15, 0.2) is 5.96 Å². The van der Waals surface area contributed by atoms with Crippen molar-refractivity contribution < 1.29 is 13.2 Å². The van der Waals surface area contributed by atoms with Gasteiger partial charge >= 0.3 is 0 Å². The second-order valence-corrected chi connectivity index (χ2v) is 9.27. The summed E-state index contributed by atoms with van der Waals surface area (Å²) in [5.41, 5.74) is 0. The Bertz CT molecular complexity index is 655. The molecule has 0 radical (unpaired) electrons. The third-order valence-corrected chi connectivity index (χ3v) is 6.98. The van der Waals surface area contributed by atoms with Gasteiger partial charge in [-0.1, -0.05) is 13.8 Å². The summed E-state index contributed by atoms with van der Waals surface area (Å²) in [5.74, 6) is 1.24. The fraction of sp³-hybridized carbons (Fsp3) is 0.667. The van der Waals surface area contributed by atoms with Crippen LogP contribution in [0.1, 0.15) is 18.7 Å². The smallest absolute Gasteiger partial charge is 0.252 e. The van der Waals surface area contributed by atoms with Crippen molar-refractivity contribution in [1.29, 1.82) is 0 Å². The molecule has 1 aromatic rings. The molecule has 0 atom stereocenters. The minimum Gasteiger partial charge on any atom is -0.379 e. The zero-order valence-corrected chi connectivity index (χ0v) is 18.8. The first-order chi connectivity index (χ1) is 11.4. The van der Waals surface area contributed by atoms with Crippen molar-refractivity contribution in [3.63, 3.8) is 0 Å². The Morgan fingerprint density at radius 2 is 2.00 bits per heavy atom. The number of hydrogen-bond donors (Lipinski definition) is 2. The normalized spacial score (nSPS) is 16.6. The minimum absolute atomic E-state index is 0. The van der Waals surface area contributed by atoms with Gasteiger partial charge in [0.1, 0.15) is 4.21 Å². The Kier molecular flexibility index (Phi) is 9.64. The van der Waals surface area contributed by atoms with Crippen LogP contribution in [0.3, 0.4) is 0 Å². The summed E-state index contributed by atoms with van der Waals surface area (Å²) in [6.45, 7) is 7.37. The average molecular weight is 502 g/mol. The van der Waals surface area contributed by atoms with Crippen LogP contribution >= 0.6 is 35.3 Å². The van der Waals surface area contributed by atoms with Gasteiger partial charge in [-0.3, -0.25) is 4.99 Å². The highest BCUT2D eigenvalue weighted by atomic mass is 127. The Morgan fingerprint density at radius 3 is 2.60 bits per heavy atom. The maximum atomic E-state index is 12.6. The number of nitrogens with one attached hydrogen (secondary N) is 2. The lowest BCUT2D eigenvalue weighted by Gasteiger charge is -2.25. The number of morpholine rings is 1. The van der Waals surface area contributed by atoms with E-state index in [9.17, 15) is 8.42 Å². The van der Waals surface area contributed by atoms with Crippen LogP contribution in [0.2, 0.25) is 0 Å². The Labute approximate surface area is 171 Å². The van der Waals surface area contributed by atoms with Crippen molar-refractivity contribution in [2.45, 2.75) is 24.6 Å². The lowest BCUT2D eigenvalue weighted by Crippen LogP contribution is -2.40. The number of ether oxygens (including phenoxy) is 1. The van der Waals surface area contributed by atoms with Crippen molar-refractivity contribution in [2.24, 2.45) is 10.9 Å². The molecule has 0 bridgehead atoms. The van der Waals surface area contributed by atoms with E-state index in [4.69, 9.17) is 4.74 Å². The van der Waals surface area contributed by atoms with E-state index in [-0.39, 0.29) is 24.0 Å². The first kappa shape index (κ1) is 22.6. The average Bonchev–Trinajstić information content (AvgIpc) is 3.05. The van der Waals surface area contributed by atoms with Crippen LogP contribution in [-0.4, -0.2) is 58.6 Å². The van der Waals surface area contributed by atoms with Gasteiger partial charge in [0.25, 0.3) is 10.0 Å². The lowest BCUT2D eigenvalue weighted by atomic mass is 10.2. The van der Waals surface area contributed by atoms with Crippen LogP contribution in [-0.2, 0) is 21.3 Å². The van der Waals surface area contributed by atoms with Gasteiger partial charge in [0.2, 0.25) is 0 Å². The second-order valence-electron chi connectivity index (χ2n) is 5.94. The quantitative estimate of drug-likeness (QED) is 0.352. The van der Waals surface area contributed by atoms with Crippen molar-refractivity contribution in [3.05, 3.63) is 17.0 Å². The highest BCUT2D eigenvalue weighted by Gasteiger charge is 2.27. The number of guanidine groups is 1. The fourth-order valence-electron chi connectivity index (χ4n) is 2.20. The molecule has 0 amide bonds. The summed E-state index contributed by atoms with van der Waals surface area (Å²) in [7, 11) is -1.69. The maximum absolute atomic E-state index is 12.6. The van der Waals surface area contributed by atoms with E-state index in [1.165, 1.54) is 15.6 Å². The fourth-order valence-corrected chi connectivity index (χ4v) is 5.06. The van der Waals surface area contributed by atoms with E-state index >= 15 is 0 Å². The number of hydrogen-bond acceptors (Lipinski definition) is 5. The summed E-state index contributed by atoms with van der Waals surface area (Å²) in [4.78, 5) is 5.12. The number of sulfonamides is 1. The van der Waals surface area contributed by atoms with Crippen LogP contribution in [0.15, 0.2) is 21.3 Å². The Hall–Kier alpha value is -0.430. The van der Waals surface area contributed by atoms with Crippen molar-refractivity contribution in [3.8, 4) is 0 Å². The summed E-state index contributed by atoms with van der Waals surface area (Å²) in [5, 5.41) is 6.44. The molecule has 2 heterocycles. The highest BCUT2D eigenvalue weighted by Crippen LogP contribution is 2.25. The van der Waals surface area contributed by atoms with Gasteiger partial charge in [0, 0.05) is 31.6 Å². The van der Waals surface area contributed by atoms with E-state index < -0.39 is 10.0 Å². The Morgan fingerprint density at radius 1 is 1.32 bits per heavy atom. The monoisotopic (exact) mass is 502 g/mol. The first-order valence-corrected chi connectivity index (χ1v) is 10.3. The molecule has 0 unspecified atom stereocenters. The van der Waals surface area contributed by atoms with Crippen molar-refractivity contribution in [2.75, 3.05) is 39.9 Å². The zero-order chi connectivity index (χ0) is 17.6. The summed E-state index contributed by atoms with van der Waals surface area (Å²) in [6.07, 6.45) is 0. The highest BCUT2D eigenvalue weighted by molar-refractivity contribution is 14.0. The third kappa shape index (κ3) is 6.66. The summed E-state index contributed by atoms with van der Waals surface area (Å²) < 4.78 is 32.3. The first-order valence-electron chi connectivity index (χ1n) is 8.04. The van der Waals surface area contributed by atoms with E-state index in [0.717, 1.165) is 17.4 Å². The zero-order valence-electron chi connectivity index (χ0n) is 14.8. The van der Waals surface area contributed by atoms with Crippen LogP contribution in [0.25, 0.3) is 0 Å².